The van der Waals surface area contributed by atoms with Crippen LogP contribution in [0.1, 0.15) is 44.5 Å². The van der Waals surface area contributed by atoms with Crippen molar-refractivity contribution in [2.45, 2.75) is 52.3 Å². The number of rotatable bonds is 3. The number of hydrogen-bond donors (Lipinski definition) is 1. The highest BCUT2D eigenvalue weighted by atomic mass is 16.5. The fourth-order valence-electron chi connectivity index (χ4n) is 3.96. The molecule has 0 spiro atoms. The molecule has 4 nitrogen and oxygen atoms in total. The molecule has 0 amide bonds. The molecule has 4 atom stereocenters. The van der Waals surface area contributed by atoms with Crippen molar-refractivity contribution in [1.82, 2.24) is 15.1 Å². The number of fused-ring (bicyclic) bond motifs is 1. The number of aryl methyl sites for hydroxylation is 1. The average Bonchev–Trinajstić information content (AvgIpc) is 2.94. The van der Waals surface area contributed by atoms with Gasteiger partial charge >= 0.3 is 0 Å². The van der Waals surface area contributed by atoms with Crippen molar-refractivity contribution in [2.75, 3.05) is 6.61 Å². The molecule has 4 unspecified atom stereocenters. The van der Waals surface area contributed by atoms with Crippen LogP contribution in [0.25, 0.3) is 0 Å². The van der Waals surface area contributed by atoms with Crippen molar-refractivity contribution in [2.24, 2.45) is 18.4 Å². The van der Waals surface area contributed by atoms with Crippen molar-refractivity contribution >= 4 is 0 Å². The number of nitrogens with zero attached hydrogens (tertiary/aromatic N) is 2. The van der Waals surface area contributed by atoms with Gasteiger partial charge in [0, 0.05) is 48.3 Å². The Labute approximate surface area is 115 Å². The molecule has 2 aliphatic rings. The number of nitrogens with one attached hydrogen (secondary N) is 1. The first-order valence-corrected chi connectivity index (χ1v) is 7.29. The van der Waals surface area contributed by atoms with Crippen LogP contribution in [0.2, 0.25) is 0 Å². The van der Waals surface area contributed by atoms with E-state index in [1.165, 1.54) is 17.7 Å². The van der Waals surface area contributed by atoms with Gasteiger partial charge in [0.25, 0.3) is 0 Å². The second-order valence-corrected chi connectivity index (χ2v) is 6.74. The number of ether oxygens (including phenoxy) is 1. The van der Waals surface area contributed by atoms with Crippen molar-refractivity contribution in [3.8, 4) is 0 Å². The normalized spacial score (nSPS) is 33.8. The predicted octanol–water partition coefficient (Wildman–Crippen LogP) is 2.19. The van der Waals surface area contributed by atoms with E-state index in [2.05, 4.69) is 38.1 Å². The van der Waals surface area contributed by atoms with Gasteiger partial charge in [-0.25, -0.2) is 0 Å². The highest BCUT2D eigenvalue weighted by molar-refractivity contribution is 5.21. The molecule has 4 heteroatoms. The van der Waals surface area contributed by atoms with Crippen LogP contribution in [0, 0.1) is 18.3 Å². The van der Waals surface area contributed by atoms with E-state index in [0.29, 0.717) is 24.1 Å². The van der Waals surface area contributed by atoms with Crippen LogP contribution in [-0.2, 0) is 11.8 Å². The van der Waals surface area contributed by atoms with E-state index < -0.39 is 0 Å². The SMILES string of the molecule is Cc1c(C(C)NC2C3CCOC3C2(C)C)cnn1C. The van der Waals surface area contributed by atoms with E-state index in [0.717, 1.165) is 6.61 Å². The van der Waals surface area contributed by atoms with Gasteiger partial charge in [0.15, 0.2) is 0 Å². The van der Waals surface area contributed by atoms with Gasteiger partial charge in [0.05, 0.1) is 12.3 Å². The summed E-state index contributed by atoms with van der Waals surface area (Å²) in [5.74, 6) is 0.689. The van der Waals surface area contributed by atoms with E-state index in [4.69, 9.17) is 4.74 Å². The highest BCUT2D eigenvalue weighted by Crippen LogP contribution is 2.52. The largest absolute Gasteiger partial charge is 0.377 e. The van der Waals surface area contributed by atoms with Crippen LogP contribution in [-0.4, -0.2) is 28.5 Å². The molecule has 1 saturated heterocycles. The lowest BCUT2D eigenvalue weighted by atomic mass is 9.57. The lowest BCUT2D eigenvalue weighted by molar-refractivity contribution is -0.115. The summed E-state index contributed by atoms with van der Waals surface area (Å²) in [6.07, 6.45) is 3.64. The molecule has 1 aliphatic carbocycles. The summed E-state index contributed by atoms with van der Waals surface area (Å²) in [4.78, 5) is 0. The molecule has 1 aromatic heterocycles. The summed E-state index contributed by atoms with van der Waals surface area (Å²) in [6, 6.07) is 0.897. The van der Waals surface area contributed by atoms with Gasteiger partial charge in [0.1, 0.15) is 0 Å². The van der Waals surface area contributed by atoms with Crippen LogP contribution in [0.3, 0.4) is 0 Å². The third kappa shape index (κ3) is 1.84. The molecule has 1 aromatic rings. The standard InChI is InChI=1S/C15H25N3O/c1-9(12-8-16-18(5)10(12)2)17-13-11-6-7-19-14(11)15(13,3)4/h8-9,11,13-14,17H,6-7H2,1-5H3. The maximum absolute atomic E-state index is 5.86. The van der Waals surface area contributed by atoms with E-state index in [-0.39, 0.29) is 5.41 Å². The minimum Gasteiger partial charge on any atom is -0.377 e. The zero-order chi connectivity index (χ0) is 13.8. The zero-order valence-corrected chi connectivity index (χ0v) is 12.6. The molecule has 106 valence electrons. The van der Waals surface area contributed by atoms with E-state index in [1.807, 2.05) is 17.9 Å². The van der Waals surface area contributed by atoms with E-state index in [1.54, 1.807) is 0 Å². The van der Waals surface area contributed by atoms with Crippen LogP contribution >= 0.6 is 0 Å². The summed E-state index contributed by atoms with van der Waals surface area (Å²) in [5.41, 5.74) is 2.79. The Kier molecular flexibility index (Phi) is 2.98. The Morgan fingerprint density at radius 1 is 1.53 bits per heavy atom. The van der Waals surface area contributed by atoms with Crippen molar-refractivity contribution in [1.29, 1.82) is 0 Å². The fourth-order valence-corrected chi connectivity index (χ4v) is 3.96. The molecule has 19 heavy (non-hydrogen) atoms. The first-order chi connectivity index (χ1) is 8.93. The molecule has 0 aromatic carbocycles. The monoisotopic (exact) mass is 263 g/mol. The molecule has 0 radical (unpaired) electrons. The lowest BCUT2D eigenvalue weighted by Gasteiger charge is -2.55. The summed E-state index contributed by atoms with van der Waals surface area (Å²) >= 11 is 0. The van der Waals surface area contributed by atoms with Gasteiger partial charge in [-0.2, -0.15) is 5.10 Å². The van der Waals surface area contributed by atoms with Crippen LogP contribution < -0.4 is 5.32 Å². The lowest BCUT2D eigenvalue weighted by Crippen LogP contribution is -2.66. The van der Waals surface area contributed by atoms with Crippen LogP contribution in [0.15, 0.2) is 6.20 Å². The third-order valence-corrected chi connectivity index (χ3v) is 5.27. The zero-order valence-electron chi connectivity index (χ0n) is 12.6. The molecule has 1 saturated carbocycles. The fraction of sp³-hybridized carbons (Fsp3) is 0.800. The third-order valence-electron chi connectivity index (χ3n) is 5.27. The Bertz CT molecular complexity index is 480. The first kappa shape index (κ1) is 13.1. The Morgan fingerprint density at radius 2 is 2.26 bits per heavy atom. The summed E-state index contributed by atoms with van der Waals surface area (Å²) in [5, 5.41) is 8.16. The number of hydrogen-bond acceptors (Lipinski definition) is 3. The van der Waals surface area contributed by atoms with Crippen molar-refractivity contribution in [3.05, 3.63) is 17.5 Å². The second-order valence-electron chi connectivity index (χ2n) is 6.74. The van der Waals surface area contributed by atoms with Gasteiger partial charge < -0.3 is 10.1 Å². The van der Waals surface area contributed by atoms with Gasteiger partial charge in [-0.3, -0.25) is 4.68 Å². The van der Waals surface area contributed by atoms with Gasteiger partial charge in [-0.1, -0.05) is 13.8 Å². The van der Waals surface area contributed by atoms with E-state index >= 15 is 0 Å². The smallest absolute Gasteiger partial charge is 0.0685 e. The van der Waals surface area contributed by atoms with E-state index in [9.17, 15) is 0 Å². The quantitative estimate of drug-likeness (QED) is 0.908. The van der Waals surface area contributed by atoms with Crippen LogP contribution in [0.5, 0.6) is 0 Å². The first-order valence-electron chi connectivity index (χ1n) is 7.29. The minimum absolute atomic E-state index is 0.242. The summed E-state index contributed by atoms with van der Waals surface area (Å²) < 4.78 is 7.80. The van der Waals surface area contributed by atoms with Gasteiger partial charge in [-0.05, 0) is 20.3 Å². The Balaban J connectivity index is 1.73. The molecular formula is C15H25N3O. The Morgan fingerprint density at radius 3 is 2.89 bits per heavy atom. The molecule has 1 N–H and O–H groups in total. The predicted molar refractivity (Wildman–Crippen MR) is 74.9 cm³/mol. The second kappa shape index (κ2) is 4.32. The van der Waals surface area contributed by atoms with Gasteiger partial charge in [-0.15, -0.1) is 0 Å². The minimum atomic E-state index is 0.242. The molecule has 1 aliphatic heterocycles. The molecule has 2 fully saturated rings. The highest BCUT2D eigenvalue weighted by Gasteiger charge is 2.59. The van der Waals surface area contributed by atoms with Crippen molar-refractivity contribution < 1.29 is 4.74 Å². The summed E-state index contributed by atoms with van der Waals surface area (Å²) in [7, 11) is 2.00. The average molecular weight is 263 g/mol. The molecule has 3 rings (SSSR count). The molecule has 2 heterocycles. The summed E-state index contributed by atoms with van der Waals surface area (Å²) in [6.45, 7) is 9.94. The number of aromatic nitrogens is 2. The topological polar surface area (TPSA) is 39.1 Å². The molecular weight excluding hydrogens is 238 g/mol. The van der Waals surface area contributed by atoms with Crippen molar-refractivity contribution in [3.63, 3.8) is 0 Å². The Hall–Kier alpha value is -0.870. The maximum Gasteiger partial charge on any atom is 0.0685 e. The maximum atomic E-state index is 5.86. The van der Waals surface area contributed by atoms with Gasteiger partial charge in [0.2, 0.25) is 0 Å². The molecule has 0 bridgehead atoms. The van der Waals surface area contributed by atoms with Crippen LogP contribution in [0.4, 0.5) is 0 Å².